The third kappa shape index (κ3) is 6.14. The summed E-state index contributed by atoms with van der Waals surface area (Å²) in [5, 5.41) is 19.1. The van der Waals surface area contributed by atoms with Gasteiger partial charge in [0.2, 0.25) is 0 Å². The molecule has 1 heterocycles. The van der Waals surface area contributed by atoms with Crippen LogP contribution in [-0.4, -0.2) is 16.4 Å². The number of benzene rings is 7. The van der Waals surface area contributed by atoms with E-state index in [-0.39, 0.29) is 5.92 Å². The minimum atomic E-state index is 0.0310. The monoisotopic (exact) mass is 754 g/mol. The Balaban J connectivity index is 1.03. The van der Waals surface area contributed by atoms with Crippen LogP contribution in [0.4, 0.5) is 5.69 Å². The van der Waals surface area contributed by atoms with E-state index in [1.165, 1.54) is 60.5 Å². The molecule has 2 N–H and O–H groups in total. The molecule has 3 aliphatic carbocycles. The van der Waals surface area contributed by atoms with E-state index < -0.39 is 0 Å². The van der Waals surface area contributed by atoms with Gasteiger partial charge in [-0.1, -0.05) is 152 Å². The highest BCUT2D eigenvalue weighted by Gasteiger charge is 2.34. The summed E-state index contributed by atoms with van der Waals surface area (Å²) in [4.78, 5) is 4.25. The Morgan fingerprint density at radius 2 is 1.31 bits per heavy atom. The van der Waals surface area contributed by atoms with Gasteiger partial charge in [0.25, 0.3) is 0 Å². The summed E-state index contributed by atoms with van der Waals surface area (Å²) in [7, 11) is 0. The first-order valence-electron chi connectivity index (χ1n) is 20.1. The van der Waals surface area contributed by atoms with Crippen molar-refractivity contribution in [2.45, 2.75) is 12.3 Å². The van der Waals surface area contributed by atoms with Crippen molar-refractivity contribution in [3.8, 4) is 11.1 Å². The van der Waals surface area contributed by atoms with Gasteiger partial charge in [0, 0.05) is 23.9 Å². The van der Waals surface area contributed by atoms with Crippen molar-refractivity contribution in [2.75, 3.05) is 5.43 Å². The van der Waals surface area contributed by atoms with E-state index in [9.17, 15) is 5.41 Å². The molecular formula is C55H38N4. The van der Waals surface area contributed by atoms with Crippen LogP contribution in [0, 0.1) is 5.41 Å². The van der Waals surface area contributed by atoms with Crippen molar-refractivity contribution in [1.29, 1.82) is 5.41 Å². The summed E-state index contributed by atoms with van der Waals surface area (Å²) < 4.78 is 0. The van der Waals surface area contributed by atoms with Crippen molar-refractivity contribution < 1.29 is 0 Å². The number of hydrogen-bond acceptors (Lipinski definition) is 4. The second kappa shape index (κ2) is 14.4. The van der Waals surface area contributed by atoms with E-state index in [2.05, 4.69) is 162 Å². The fourth-order valence-electron chi connectivity index (χ4n) is 9.15. The highest BCUT2D eigenvalue weighted by atomic mass is 15.3. The standard InChI is InChI=1S/C55H38N4/c56-52-33-50(45-15-5-8-18-49(45)55(52)59-58-44-26-23-37(24-27-44)43-14-9-29-57-34-43)40-25-28-48-51(32-40)54(42-22-20-36-11-2-4-13-39(36)31-42)47-17-7-6-16-46(47)53(48)41-21-19-35-10-1-3-12-38(35)30-41/h1-15,17-34,54,56,58H,16H2/b56-52?,59-55-. The van der Waals surface area contributed by atoms with Gasteiger partial charge in [0.1, 0.15) is 5.71 Å². The van der Waals surface area contributed by atoms with E-state index in [0.29, 0.717) is 11.4 Å². The molecule has 8 aromatic rings. The number of pyridine rings is 1. The van der Waals surface area contributed by atoms with Gasteiger partial charge in [-0.05, 0) is 131 Å². The third-order valence-corrected chi connectivity index (χ3v) is 12.0. The Kier molecular flexibility index (Phi) is 8.41. The minimum absolute atomic E-state index is 0.0310. The molecule has 4 heteroatoms. The lowest BCUT2D eigenvalue weighted by Crippen LogP contribution is -2.21. The van der Waals surface area contributed by atoms with Crippen LogP contribution in [0.1, 0.15) is 51.3 Å². The number of allylic oxidation sites excluding steroid dienone is 6. The highest BCUT2D eigenvalue weighted by Crippen LogP contribution is 2.51. The van der Waals surface area contributed by atoms with Crippen LogP contribution in [-0.2, 0) is 0 Å². The van der Waals surface area contributed by atoms with E-state index in [0.717, 1.165) is 45.5 Å². The van der Waals surface area contributed by atoms with Crippen LogP contribution in [0.25, 0.3) is 43.8 Å². The zero-order valence-electron chi connectivity index (χ0n) is 32.2. The van der Waals surface area contributed by atoms with Crippen molar-refractivity contribution >= 4 is 49.8 Å². The number of hydrazone groups is 1. The Hall–Kier alpha value is -7.69. The lowest BCUT2D eigenvalue weighted by Gasteiger charge is -2.35. The van der Waals surface area contributed by atoms with Crippen LogP contribution in [0.5, 0.6) is 0 Å². The number of anilines is 1. The van der Waals surface area contributed by atoms with Gasteiger partial charge in [-0.2, -0.15) is 5.10 Å². The number of fused-ring (bicyclic) bond motifs is 5. The van der Waals surface area contributed by atoms with Crippen molar-refractivity contribution in [1.82, 2.24) is 4.98 Å². The molecule has 0 spiro atoms. The normalized spacial score (nSPS) is 16.4. The summed E-state index contributed by atoms with van der Waals surface area (Å²) in [5.41, 5.74) is 20.3. The predicted octanol–water partition coefficient (Wildman–Crippen LogP) is 13.2. The van der Waals surface area contributed by atoms with Crippen molar-refractivity contribution in [2.24, 2.45) is 5.10 Å². The Labute approximate surface area is 343 Å². The lowest BCUT2D eigenvalue weighted by atomic mass is 9.68. The summed E-state index contributed by atoms with van der Waals surface area (Å²) in [6, 6.07) is 58.5. The number of nitrogens with one attached hydrogen (secondary N) is 2. The molecule has 0 aliphatic heterocycles. The molecule has 0 bridgehead atoms. The molecule has 3 aliphatic rings. The number of rotatable bonds is 6. The highest BCUT2D eigenvalue weighted by molar-refractivity contribution is 6.54. The fourth-order valence-corrected chi connectivity index (χ4v) is 9.15. The van der Waals surface area contributed by atoms with E-state index in [1.807, 2.05) is 42.6 Å². The first-order chi connectivity index (χ1) is 29.2. The number of hydrogen-bond donors (Lipinski definition) is 2. The minimum Gasteiger partial charge on any atom is -0.299 e. The maximum Gasteiger partial charge on any atom is 0.116 e. The fraction of sp³-hybridized carbons (Fsp3) is 0.0364. The average molecular weight is 755 g/mol. The first kappa shape index (κ1) is 34.5. The molecule has 1 aromatic heterocycles. The average Bonchev–Trinajstić information content (AvgIpc) is 3.30. The van der Waals surface area contributed by atoms with E-state index in [4.69, 9.17) is 5.10 Å². The van der Waals surface area contributed by atoms with Gasteiger partial charge in [-0.25, -0.2) is 0 Å². The molecule has 0 amide bonds. The summed E-state index contributed by atoms with van der Waals surface area (Å²) in [6.07, 6.45) is 13.4. The first-order valence-corrected chi connectivity index (χ1v) is 20.1. The van der Waals surface area contributed by atoms with Gasteiger partial charge in [-0.3, -0.25) is 15.8 Å². The molecule has 59 heavy (non-hydrogen) atoms. The Morgan fingerprint density at radius 3 is 2.10 bits per heavy atom. The van der Waals surface area contributed by atoms with Crippen LogP contribution in [0.3, 0.4) is 0 Å². The van der Waals surface area contributed by atoms with Gasteiger partial charge in [0.05, 0.1) is 11.4 Å². The quantitative estimate of drug-likeness (QED) is 0.166. The Bertz CT molecular complexity index is 3160. The zero-order valence-corrected chi connectivity index (χ0v) is 32.2. The molecular weight excluding hydrogens is 717 g/mol. The summed E-state index contributed by atoms with van der Waals surface area (Å²) >= 11 is 0. The second-order valence-electron chi connectivity index (χ2n) is 15.4. The number of aromatic nitrogens is 1. The predicted molar refractivity (Wildman–Crippen MR) is 245 cm³/mol. The molecule has 1 atom stereocenters. The van der Waals surface area contributed by atoms with Gasteiger partial charge < -0.3 is 0 Å². The molecule has 4 nitrogen and oxygen atoms in total. The van der Waals surface area contributed by atoms with Crippen LogP contribution in [0.15, 0.2) is 217 Å². The summed E-state index contributed by atoms with van der Waals surface area (Å²) in [6.45, 7) is 0. The molecule has 7 aromatic carbocycles. The van der Waals surface area contributed by atoms with Gasteiger partial charge in [0.15, 0.2) is 0 Å². The SMILES string of the molecule is N=C1C=C(c2ccc3c(c2)C(c2ccc4ccccc4c2)C2=CC=CCC2=C3c2ccc3ccccc3c2)c2ccccc2/C1=N/Nc1ccc(-c2cccnc2)cc1. The maximum absolute atomic E-state index is 9.36. The molecule has 0 fully saturated rings. The Morgan fingerprint density at radius 1 is 0.593 bits per heavy atom. The van der Waals surface area contributed by atoms with E-state index >= 15 is 0 Å². The van der Waals surface area contributed by atoms with Gasteiger partial charge >= 0.3 is 0 Å². The molecule has 11 rings (SSSR count). The molecule has 1 unspecified atom stereocenters. The smallest absolute Gasteiger partial charge is 0.116 e. The topological polar surface area (TPSA) is 61.1 Å². The van der Waals surface area contributed by atoms with Crippen LogP contribution < -0.4 is 5.43 Å². The molecule has 278 valence electrons. The van der Waals surface area contributed by atoms with Crippen LogP contribution >= 0.6 is 0 Å². The van der Waals surface area contributed by atoms with Gasteiger partial charge in [-0.15, -0.1) is 0 Å². The van der Waals surface area contributed by atoms with Crippen molar-refractivity contribution in [3.05, 3.63) is 251 Å². The molecule has 0 saturated heterocycles. The largest absolute Gasteiger partial charge is 0.299 e. The lowest BCUT2D eigenvalue weighted by molar-refractivity contribution is 0.914. The second-order valence-corrected chi connectivity index (χ2v) is 15.4. The van der Waals surface area contributed by atoms with E-state index in [1.54, 1.807) is 6.20 Å². The third-order valence-electron chi connectivity index (χ3n) is 12.0. The number of nitrogens with zero attached hydrogens (tertiary/aromatic N) is 2. The molecule has 0 radical (unpaired) electrons. The summed E-state index contributed by atoms with van der Waals surface area (Å²) in [5.74, 6) is 0.0310. The zero-order chi connectivity index (χ0) is 39.3. The van der Waals surface area contributed by atoms with Crippen molar-refractivity contribution in [3.63, 3.8) is 0 Å². The van der Waals surface area contributed by atoms with Crippen LogP contribution in [0.2, 0.25) is 0 Å². The maximum atomic E-state index is 9.36. The molecule has 0 saturated carbocycles.